The molecule has 1 aromatic carbocycles. The third-order valence-electron chi connectivity index (χ3n) is 3.30. The van der Waals surface area contributed by atoms with Crippen LogP contribution in [0.3, 0.4) is 0 Å². The number of hydrogen-bond donors (Lipinski definition) is 1. The van der Waals surface area contributed by atoms with Gasteiger partial charge in [0, 0.05) is 35.3 Å². The van der Waals surface area contributed by atoms with Crippen molar-refractivity contribution in [2.45, 2.75) is 39.2 Å². The van der Waals surface area contributed by atoms with Crippen molar-refractivity contribution in [2.75, 3.05) is 13.2 Å². The van der Waals surface area contributed by atoms with E-state index in [9.17, 15) is 4.79 Å². The molecule has 0 spiro atoms. The van der Waals surface area contributed by atoms with Gasteiger partial charge in [0.25, 0.3) is 0 Å². The van der Waals surface area contributed by atoms with Gasteiger partial charge in [0.15, 0.2) is 0 Å². The number of carbonyl (C=O) groups is 1. The minimum Gasteiger partial charge on any atom is -0.493 e. The normalized spacial score (nSPS) is 14.9. The number of Topliss-reactive ketones (excluding diaryl/α,β-unsaturated/α-hetero) is 1. The number of carbonyl (C=O) groups excluding carboxylic acids is 1. The molecular formula is C15H20BrNO2. The molecule has 104 valence electrons. The van der Waals surface area contributed by atoms with Gasteiger partial charge in [-0.15, -0.1) is 0 Å². The summed E-state index contributed by atoms with van der Waals surface area (Å²) in [5.74, 6) is 1.18. The molecule has 2 rings (SSSR count). The maximum atomic E-state index is 12.1. The van der Waals surface area contributed by atoms with Crippen LogP contribution in [0.1, 0.15) is 31.4 Å². The van der Waals surface area contributed by atoms with Crippen molar-refractivity contribution < 1.29 is 9.53 Å². The highest BCUT2D eigenvalue weighted by Gasteiger charge is 2.19. The second-order valence-corrected chi connectivity index (χ2v) is 5.95. The highest BCUT2D eigenvalue weighted by atomic mass is 79.9. The van der Waals surface area contributed by atoms with Crippen LogP contribution in [0.15, 0.2) is 16.6 Å². The summed E-state index contributed by atoms with van der Waals surface area (Å²) in [5.41, 5.74) is 2.22. The number of rotatable bonds is 6. The molecule has 4 heteroatoms. The van der Waals surface area contributed by atoms with Crippen LogP contribution in [0.4, 0.5) is 0 Å². The number of benzene rings is 1. The van der Waals surface area contributed by atoms with Gasteiger partial charge in [0.2, 0.25) is 0 Å². The molecular weight excluding hydrogens is 306 g/mol. The first-order chi connectivity index (χ1) is 9.10. The summed E-state index contributed by atoms with van der Waals surface area (Å²) < 4.78 is 6.68. The van der Waals surface area contributed by atoms with Crippen LogP contribution in [0.5, 0.6) is 5.75 Å². The maximum Gasteiger partial charge on any atom is 0.138 e. The van der Waals surface area contributed by atoms with E-state index in [0.717, 1.165) is 35.4 Å². The molecule has 0 aromatic heterocycles. The van der Waals surface area contributed by atoms with Gasteiger partial charge in [-0.25, -0.2) is 0 Å². The zero-order valence-electron chi connectivity index (χ0n) is 11.5. The predicted molar refractivity (Wildman–Crippen MR) is 79.8 cm³/mol. The van der Waals surface area contributed by atoms with E-state index in [2.05, 4.69) is 34.2 Å². The Bertz CT molecular complexity index is 473. The minimum absolute atomic E-state index is 0.235. The number of ketones is 1. The largest absolute Gasteiger partial charge is 0.493 e. The molecule has 1 atom stereocenters. The Morgan fingerprint density at radius 1 is 1.53 bits per heavy atom. The van der Waals surface area contributed by atoms with E-state index in [1.54, 1.807) is 0 Å². The molecule has 1 aliphatic heterocycles. The number of fused-ring (bicyclic) bond motifs is 1. The fourth-order valence-corrected chi connectivity index (χ4v) is 3.08. The standard InChI is InChI=1S/C15H20BrNO2/c1-3-17-10(2)6-14(18)9-12-8-13(16)7-11-4-5-19-15(11)12/h7-8,10,17H,3-6,9H2,1-2H3. The van der Waals surface area contributed by atoms with E-state index < -0.39 is 0 Å². The SMILES string of the molecule is CCNC(C)CC(=O)Cc1cc(Br)cc2c1OCC2. The van der Waals surface area contributed by atoms with Gasteiger partial charge in [-0.05, 0) is 31.2 Å². The lowest BCUT2D eigenvalue weighted by Crippen LogP contribution is -2.28. The van der Waals surface area contributed by atoms with Gasteiger partial charge in [-0.2, -0.15) is 0 Å². The lowest BCUT2D eigenvalue weighted by Gasteiger charge is -2.12. The third kappa shape index (κ3) is 3.80. The summed E-state index contributed by atoms with van der Waals surface area (Å²) in [6, 6.07) is 4.32. The Kier molecular flexibility index (Phi) is 4.99. The molecule has 1 aromatic rings. The van der Waals surface area contributed by atoms with Crippen LogP contribution in [0, 0.1) is 0 Å². The van der Waals surface area contributed by atoms with Crippen LogP contribution in [-0.2, 0) is 17.6 Å². The summed E-state index contributed by atoms with van der Waals surface area (Å²) >= 11 is 3.50. The summed E-state index contributed by atoms with van der Waals surface area (Å²) in [7, 11) is 0. The van der Waals surface area contributed by atoms with Crippen LogP contribution < -0.4 is 10.1 Å². The summed E-state index contributed by atoms with van der Waals surface area (Å²) in [6.07, 6.45) is 1.95. The Labute approximate surface area is 122 Å². The van der Waals surface area contributed by atoms with Gasteiger partial charge < -0.3 is 10.1 Å². The van der Waals surface area contributed by atoms with Crippen molar-refractivity contribution in [3.8, 4) is 5.75 Å². The summed E-state index contributed by atoms with van der Waals surface area (Å²) in [6.45, 7) is 5.71. The molecule has 3 nitrogen and oxygen atoms in total. The van der Waals surface area contributed by atoms with Crippen molar-refractivity contribution in [1.82, 2.24) is 5.32 Å². The first-order valence-electron chi connectivity index (χ1n) is 6.79. The lowest BCUT2D eigenvalue weighted by molar-refractivity contribution is -0.118. The van der Waals surface area contributed by atoms with Crippen molar-refractivity contribution in [2.24, 2.45) is 0 Å². The molecule has 0 saturated carbocycles. The van der Waals surface area contributed by atoms with E-state index in [1.165, 1.54) is 5.56 Å². The first kappa shape index (κ1) is 14.5. The van der Waals surface area contributed by atoms with Gasteiger partial charge in [-0.1, -0.05) is 22.9 Å². The highest BCUT2D eigenvalue weighted by Crippen LogP contribution is 2.33. The van der Waals surface area contributed by atoms with Crippen LogP contribution in [0.25, 0.3) is 0 Å². The van der Waals surface area contributed by atoms with E-state index in [-0.39, 0.29) is 11.8 Å². The molecule has 0 aliphatic carbocycles. The number of nitrogens with one attached hydrogen (secondary N) is 1. The van der Waals surface area contributed by atoms with Gasteiger partial charge in [-0.3, -0.25) is 4.79 Å². The van der Waals surface area contributed by atoms with Crippen LogP contribution >= 0.6 is 15.9 Å². The van der Waals surface area contributed by atoms with Crippen molar-refractivity contribution in [3.05, 3.63) is 27.7 Å². The average Bonchev–Trinajstić information content (AvgIpc) is 2.76. The highest BCUT2D eigenvalue weighted by molar-refractivity contribution is 9.10. The smallest absolute Gasteiger partial charge is 0.138 e. The molecule has 0 saturated heterocycles. The van der Waals surface area contributed by atoms with Crippen molar-refractivity contribution in [1.29, 1.82) is 0 Å². The summed E-state index contributed by atoms with van der Waals surface area (Å²) in [5, 5.41) is 3.26. The Hall–Kier alpha value is -0.870. The average molecular weight is 326 g/mol. The number of halogens is 1. The molecule has 19 heavy (non-hydrogen) atoms. The fourth-order valence-electron chi connectivity index (χ4n) is 2.52. The quantitative estimate of drug-likeness (QED) is 0.874. The molecule has 0 radical (unpaired) electrons. The van der Waals surface area contributed by atoms with Crippen LogP contribution in [0.2, 0.25) is 0 Å². The molecule has 0 fully saturated rings. The zero-order valence-corrected chi connectivity index (χ0v) is 13.0. The van der Waals surface area contributed by atoms with E-state index >= 15 is 0 Å². The topological polar surface area (TPSA) is 38.3 Å². The third-order valence-corrected chi connectivity index (χ3v) is 3.76. The summed E-state index contributed by atoms with van der Waals surface area (Å²) in [4.78, 5) is 12.1. The monoisotopic (exact) mass is 325 g/mol. The Morgan fingerprint density at radius 2 is 2.32 bits per heavy atom. The minimum atomic E-state index is 0.235. The van der Waals surface area contributed by atoms with E-state index in [0.29, 0.717) is 12.8 Å². The van der Waals surface area contributed by atoms with Gasteiger partial charge >= 0.3 is 0 Å². The molecule has 1 aliphatic rings. The lowest BCUT2D eigenvalue weighted by atomic mass is 10.0. The van der Waals surface area contributed by atoms with Crippen molar-refractivity contribution in [3.63, 3.8) is 0 Å². The fraction of sp³-hybridized carbons (Fsp3) is 0.533. The molecule has 0 amide bonds. The van der Waals surface area contributed by atoms with Crippen molar-refractivity contribution >= 4 is 21.7 Å². The van der Waals surface area contributed by atoms with E-state index in [1.807, 2.05) is 13.0 Å². The molecule has 1 unspecified atom stereocenters. The number of ether oxygens (including phenoxy) is 1. The molecule has 1 N–H and O–H groups in total. The molecule has 1 heterocycles. The van der Waals surface area contributed by atoms with Gasteiger partial charge in [0.05, 0.1) is 6.61 Å². The molecule has 0 bridgehead atoms. The Morgan fingerprint density at radius 3 is 3.05 bits per heavy atom. The zero-order chi connectivity index (χ0) is 13.8. The Balaban J connectivity index is 2.05. The predicted octanol–water partition coefficient (Wildman–Crippen LogP) is 2.88. The second-order valence-electron chi connectivity index (χ2n) is 5.03. The second kappa shape index (κ2) is 6.53. The van der Waals surface area contributed by atoms with E-state index in [4.69, 9.17) is 4.74 Å². The van der Waals surface area contributed by atoms with Gasteiger partial charge in [0.1, 0.15) is 11.5 Å². The van der Waals surface area contributed by atoms with Crippen LogP contribution in [-0.4, -0.2) is 25.0 Å². The first-order valence-corrected chi connectivity index (χ1v) is 7.58. The number of hydrogen-bond acceptors (Lipinski definition) is 3. The maximum absolute atomic E-state index is 12.1.